The van der Waals surface area contributed by atoms with Gasteiger partial charge < -0.3 is 20.6 Å². The fourth-order valence-corrected chi connectivity index (χ4v) is 4.94. The van der Waals surface area contributed by atoms with E-state index in [9.17, 15) is 18.0 Å². The first-order valence-electron chi connectivity index (χ1n) is 11.3. The van der Waals surface area contributed by atoms with Crippen molar-refractivity contribution in [1.29, 1.82) is 5.26 Å². The number of amides is 2. The number of benzene rings is 1. The van der Waals surface area contributed by atoms with Gasteiger partial charge in [0.2, 0.25) is 0 Å². The molecule has 3 N–H and O–H groups in total. The summed E-state index contributed by atoms with van der Waals surface area (Å²) in [5, 5.41) is 23.0. The molecule has 1 aromatic carbocycles. The van der Waals surface area contributed by atoms with E-state index in [-0.39, 0.29) is 23.2 Å². The minimum Gasteiger partial charge on any atom is -0.475 e. The molecule has 0 aliphatic carbocycles. The highest BCUT2D eigenvalue weighted by Gasteiger charge is 2.39. The van der Waals surface area contributed by atoms with Crippen LogP contribution >= 0.6 is 0 Å². The Morgan fingerprint density at radius 2 is 1.56 bits per heavy atom. The van der Waals surface area contributed by atoms with Crippen LogP contribution in [-0.4, -0.2) is 58.4 Å². The molecule has 2 aliphatic rings. The normalized spacial score (nSPS) is 20.5. The number of aliphatic carboxylic acids is 1. The SMILES string of the molecule is CC1(C)CC(NC(=O)N2CCC(c3ccc(C#N)cc3)CC2)CC(C)(C)N1.O=C(O)C(F)(F)F. The molecule has 2 aliphatic heterocycles. The van der Waals surface area contributed by atoms with Crippen LogP contribution in [0.3, 0.4) is 0 Å². The molecule has 0 unspecified atom stereocenters. The molecule has 2 fully saturated rings. The first-order chi connectivity index (χ1) is 15.6. The van der Waals surface area contributed by atoms with E-state index in [0.29, 0.717) is 11.5 Å². The monoisotopic (exact) mass is 482 g/mol. The molecule has 3 rings (SSSR count). The Hall–Kier alpha value is -2.80. The lowest BCUT2D eigenvalue weighted by atomic mass is 9.79. The van der Waals surface area contributed by atoms with E-state index in [0.717, 1.165) is 38.8 Å². The van der Waals surface area contributed by atoms with Crippen molar-refractivity contribution in [2.24, 2.45) is 0 Å². The van der Waals surface area contributed by atoms with Crippen molar-refractivity contribution in [1.82, 2.24) is 15.5 Å². The predicted molar refractivity (Wildman–Crippen MR) is 121 cm³/mol. The Balaban J connectivity index is 0.000000509. The molecule has 2 amide bonds. The second kappa shape index (κ2) is 10.6. The zero-order valence-electron chi connectivity index (χ0n) is 20.0. The Morgan fingerprint density at radius 3 is 1.97 bits per heavy atom. The number of likely N-dealkylation sites (tertiary alicyclic amines) is 1. The minimum absolute atomic E-state index is 0.0300. The number of alkyl halides is 3. The predicted octanol–water partition coefficient (Wildman–Crippen LogP) is 4.39. The van der Waals surface area contributed by atoms with Crippen molar-refractivity contribution in [2.45, 2.75) is 82.6 Å². The van der Waals surface area contributed by atoms with Crippen LogP contribution < -0.4 is 10.6 Å². The molecule has 0 saturated carbocycles. The fraction of sp³-hybridized carbons (Fsp3) is 0.625. The van der Waals surface area contributed by atoms with E-state index in [4.69, 9.17) is 15.2 Å². The lowest BCUT2D eigenvalue weighted by Crippen LogP contribution is -2.63. The zero-order chi connectivity index (χ0) is 25.7. The Kier molecular flexibility index (Phi) is 8.59. The van der Waals surface area contributed by atoms with Crippen molar-refractivity contribution < 1.29 is 27.9 Å². The Bertz CT molecular complexity index is 884. The van der Waals surface area contributed by atoms with Gasteiger partial charge in [-0.15, -0.1) is 0 Å². The number of urea groups is 1. The van der Waals surface area contributed by atoms with Gasteiger partial charge >= 0.3 is 18.2 Å². The number of nitriles is 1. The number of piperidine rings is 2. The number of nitrogens with zero attached hydrogens (tertiary/aromatic N) is 2. The summed E-state index contributed by atoms with van der Waals surface area (Å²) in [5.74, 6) is -2.29. The number of hydrogen-bond donors (Lipinski definition) is 3. The highest BCUT2D eigenvalue weighted by Crippen LogP contribution is 2.30. The summed E-state index contributed by atoms with van der Waals surface area (Å²) in [6, 6.07) is 10.3. The van der Waals surface area contributed by atoms with E-state index < -0.39 is 12.1 Å². The van der Waals surface area contributed by atoms with Gasteiger partial charge in [0.1, 0.15) is 0 Å². The summed E-state index contributed by atoms with van der Waals surface area (Å²) in [5.41, 5.74) is 2.03. The van der Waals surface area contributed by atoms with E-state index >= 15 is 0 Å². The Labute approximate surface area is 198 Å². The third-order valence-electron chi connectivity index (χ3n) is 6.05. The molecular formula is C24H33F3N4O3. The summed E-state index contributed by atoms with van der Waals surface area (Å²) in [6.07, 6.45) is -1.24. The van der Waals surface area contributed by atoms with Gasteiger partial charge in [-0.25, -0.2) is 9.59 Å². The highest BCUT2D eigenvalue weighted by molar-refractivity contribution is 5.74. The maximum atomic E-state index is 12.8. The molecule has 0 atom stereocenters. The van der Waals surface area contributed by atoms with Crippen LogP contribution in [0.15, 0.2) is 24.3 Å². The fourth-order valence-electron chi connectivity index (χ4n) is 4.94. The molecule has 1 aromatic rings. The van der Waals surface area contributed by atoms with Crippen molar-refractivity contribution in [3.8, 4) is 6.07 Å². The molecule has 0 bridgehead atoms. The maximum absolute atomic E-state index is 12.8. The number of carboxylic acids is 1. The zero-order valence-corrected chi connectivity index (χ0v) is 20.0. The van der Waals surface area contributed by atoms with Crippen LogP contribution in [0.5, 0.6) is 0 Å². The van der Waals surface area contributed by atoms with Crippen LogP contribution in [0.4, 0.5) is 18.0 Å². The number of halogens is 3. The van der Waals surface area contributed by atoms with Crippen molar-refractivity contribution in [2.75, 3.05) is 13.1 Å². The summed E-state index contributed by atoms with van der Waals surface area (Å²) in [6.45, 7) is 10.4. The van der Waals surface area contributed by atoms with Crippen LogP contribution in [0.25, 0.3) is 0 Å². The third-order valence-corrected chi connectivity index (χ3v) is 6.05. The van der Waals surface area contributed by atoms with Gasteiger partial charge in [-0.3, -0.25) is 0 Å². The quantitative estimate of drug-likeness (QED) is 0.580. The Morgan fingerprint density at radius 1 is 1.09 bits per heavy atom. The van der Waals surface area contributed by atoms with Gasteiger partial charge in [0, 0.05) is 30.2 Å². The largest absolute Gasteiger partial charge is 0.490 e. The number of carbonyl (C=O) groups is 2. The first-order valence-corrected chi connectivity index (χ1v) is 11.3. The lowest BCUT2D eigenvalue weighted by Gasteiger charge is -2.47. The van der Waals surface area contributed by atoms with Crippen LogP contribution in [-0.2, 0) is 4.79 Å². The van der Waals surface area contributed by atoms with Crippen LogP contribution in [0.2, 0.25) is 0 Å². The standard InChI is InChI=1S/C22H32N4O.C2HF3O2/c1-21(2)13-19(14-22(3,4)25-21)24-20(27)26-11-9-18(10-12-26)17-7-5-16(15-23)6-8-17;3-2(4,5)1(6)7/h5-8,18-19,25H,9-14H2,1-4H3,(H,24,27);(H,6,7). The van der Waals surface area contributed by atoms with Gasteiger partial charge in [0.25, 0.3) is 0 Å². The van der Waals surface area contributed by atoms with Crippen LogP contribution in [0, 0.1) is 11.3 Å². The van der Waals surface area contributed by atoms with Crippen molar-refractivity contribution in [3.63, 3.8) is 0 Å². The number of carbonyl (C=O) groups excluding carboxylic acids is 1. The third kappa shape index (κ3) is 8.20. The second-order valence-electron chi connectivity index (χ2n) is 10.2. The van der Waals surface area contributed by atoms with E-state index in [1.807, 2.05) is 17.0 Å². The molecule has 0 radical (unpaired) electrons. The molecule has 0 aromatic heterocycles. The maximum Gasteiger partial charge on any atom is 0.490 e. The summed E-state index contributed by atoms with van der Waals surface area (Å²) in [7, 11) is 0. The van der Waals surface area contributed by atoms with E-state index in [2.05, 4.69) is 56.5 Å². The molecule has 2 heterocycles. The first kappa shape index (κ1) is 27.4. The smallest absolute Gasteiger partial charge is 0.475 e. The molecular weight excluding hydrogens is 449 g/mol. The molecule has 0 spiro atoms. The molecule has 7 nitrogen and oxygen atoms in total. The second-order valence-corrected chi connectivity index (χ2v) is 10.2. The lowest BCUT2D eigenvalue weighted by molar-refractivity contribution is -0.192. The van der Waals surface area contributed by atoms with Crippen molar-refractivity contribution >= 4 is 12.0 Å². The number of nitrogens with one attached hydrogen (secondary N) is 2. The summed E-state index contributed by atoms with van der Waals surface area (Å²) >= 11 is 0. The average Bonchev–Trinajstić information content (AvgIpc) is 2.71. The minimum atomic E-state index is -5.08. The number of rotatable bonds is 2. The van der Waals surface area contributed by atoms with Gasteiger partial charge in [-0.1, -0.05) is 12.1 Å². The summed E-state index contributed by atoms with van der Waals surface area (Å²) in [4.78, 5) is 23.6. The molecule has 2 saturated heterocycles. The van der Waals surface area contributed by atoms with Gasteiger partial charge in [-0.05, 0) is 77.0 Å². The van der Waals surface area contributed by atoms with Crippen LogP contribution in [0.1, 0.15) is 70.4 Å². The van der Waals surface area contributed by atoms with Gasteiger partial charge in [0.15, 0.2) is 0 Å². The van der Waals surface area contributed by atoms with Gasteiger partial charge in [0.05, 0.1) is 11.6 Å². The number of carboxylic acid groups (broad SMARTS) is 1. The molecule has 10 heteroatoms. The number of hydrogen-bond acceptors (Lipinski definition) is 4. The van der Waals surface area contributed by atoms with Gasteiger partial charge in [-0.2, -0.15) is 18.4 Å². The molecule has 34 heavy (non-hydrogen) atoms. The topological polar surface area (TPSA) is 105 Å². The van der Waals surface area contributed by atoms with Crippen molar-refractivity contribution in [3.05, 3.63) is 35.4 Å². The highest BCUT2D eigenvalue weighted by atomic mass is 19.4. The van der Waals surface area contributed by atoms with E-state index in [1.54, 1.807) is 0 Å². The average molecular weight is 483 g/mol. The van der Waals surface area contributed by atoms with E-state index in [1.165, 1.54) is 5.56 Å². The molecule has 188 valence electrons. The summed E-state index contributed by atoms with van der Waals surface area (Å²) < 4.78 is 31.7.